The van der Waals surface area contributed by atoms with Gasteiger partial charge in [0, 0.05) is 25.7 Å². The van der Waals surface area contributed by atoms with Gasteiger partial charge in [-0.15, -0.1) is 37.1 Å². The van der Waals surface area contributed by atoms with Gasteiger partial charge in [-0.25, -0.2) is 4.39 Å². The molecule has 0 unspecified atom stereocenters. The van der Waals surface area contributed by atoms with Crippen LogP contribution in [0.25, 0.3) is 0 Å². The first-order valence-electron chi connectivity index (χ1n) is 7.40. The number of aliphatic imine (C=N–C) groups is 1. The highest BCUT2D eigenvalue weighted by atomic mass is 127. The van der Waals surface area contributed by atoms with Crippen molar-refractivity contribution in [2.24, 2.45) is 4.99 Å². The monoisotopic (exact) mass is 483 g/mol. The lowest BCUT2D eigenvalue weighted by Crippen LogP contribution is -2.36. The Labute approximate surface area is 165 Å². The molecule has 2 aromatic carbocycles. The highest BCUT2D eigenvalue weighted by Gasteiger charge is 2.31. The molecule has 0 saturated carbocycles. The maximum Gasteiger partial charge on any atom is 0.573 e. The van der Waals surface area contributed by atoms with Gasteiger partial charge in [0.15, 0.2) is 5.96 Å². The molecule has 0 heterocycles. The van der Waals surface area contributed by atoms with Crippen LogP contribution in [0.3, 0.4) is 0 Å². The van der Waals surface area contributed by atoms with Crippen LogP contribution in [0.4, 0.5) is 17.6 Å². The lowest BCUT2D eigenvalue weighted by molar-refractivity contribution is -0.274. The number of halogens is 5. The number of rotatable bonds is 5. The number of hydrogen-bond acceptors (Lipinski definition) is 2. The van der Waals surface area contributed by atoms with Crippen LogP contribution < -0.4 is 15.4 Å². The van der Waals surface area contributed by atoms with E-state index in [4.69, 9.17) is 0 Å². The first-order chi connectivity index (χ1) is 11.9. The molecule has 0 aliphatic heterocycles. The third-order valence-electron chi connectivity index (χ3n) is 3.22. The van der Waals surface area contributed by atoms with Gasteiger partial charge in [-0.05, 0) is 23.8 Å². The molecule has 0 bridgehead atoms. The standard InChI is InChI=1S/C17H17F4N3O.HI/c1-22-16(23-10-12-5-4-7-14(18)9-12)24-11-13-6-2-3-8-15(13)25-17(19,20)21;/h2-9H,10-11H2,1H3,(H2,22,23,24);1H. The summed E-state index contributed by atoms with van der Waals surface area (Å²) in [5.41, 5.74) is 1.04. The zero-order valence-corrected chi connectivity index (χ0v) is 16.1. The molecule has 142 valence electrons. The van der Waals surface area contributed by atoms with E-state index in [0.29, 0.717) is 23.6 Å². The van der Waals surface area contributed by atoms with Crippen molar-refractivity contribution in [2.75, 3.05) is 7.05 Å². The Bertz CT molecular complexity index is 738. The molecule has 26 heavy (non-hydrogen) atoms. The summed E-state index contributed by atoms with van der Waals surface area (Å²) in [4.78, 5) is 3.98. The summed E-state index contributed by atoms with van der Waals surface area (Å²) in [6, 6.07) is 11.9. The van der Waals surface area contributed by atoms with E-state index in [1.165, 1.54) is 37.4 Å². The Balaban J connectivity index is 0.00000338. The molecule has 0 saturated heterocycles. The van der Waals surface area contributed by atoms with Crippen LogP contribution in [0, 0.1) is 5.82 Å². The molecule has 0 fully saturated rings. The second-order valence-electron chi connectivity index (χ2n) is 5.06. The molecule has 2 rings (SSSR count). The fourth-order valence-electron chi connectivity index (χ4n) is 2.11. The molecule has 2 aromatic rings. The zero-order chi connectivity index (χ0) is 18.3. The van der Waals surface area contributed by atoms with Crippen LogP contribution in [-0.4, -0.2) is 19.4 Å². The zero-order valence-electron chi connectivity index (χ0n) is 13.8. The van der Waals surface area contributed by atoms with Crippen molar-refractivity contribution >= 4 is 29.9 Å². The Kier molecular flexibility index (Phi) is 8.62. The molecule has 0 amide bonds. The van der Waals surface area contributed by atoms with Crippen LogP contribution in [0.15, 0.2) is 53.5 Å². The minimum absolute atomic E-state index is 0. The third-order valence-corrected chi connectivity index (χ3v) is 3.22. The van der Waals surface area contributed by atoms with Crippen molar-refractivity contribution in [3.05, 3.63) is 65.5 Å². The molecule has 9 heteroatoms. The number of alkyl halides is 3. The topological polar surface area (TPSA) is 45.7 Å². The normalized spacial score (nSPS) is 11.5. The van der Waals surface area contributed by atoms with Gasteiger partial charge >= 0.3 is 6.36 Å². The Morgan fingerprint density at radius 3 is 2.38 bits per heavy atom. The van der Waals surface area contributed by atoms with E-state index in [1.54, 1.807) is 18.2 Å². The average molecular weight is 483 g/mol. The molecule has 0 radical (unpaired) electrons. The van der Waals surface area contributed by atoms with Crippen molar-refractivity contribution in [1.29, 1.82) is 0 Å². The Morgan fingerprint density at radius 2 is 1.73 bits per heavy atom. The fourth-order valence-corrected chi connectivity index (χ4v) is 2.11. The van der Waals surface area contributed by atoms with Crippen molar-refractivity contribution in [3.8, 4) is 5.75 Å². The largest absolute Gasteiger partial charge is 0.573 e. The minimum atomic E-state index is -4.76. The molecule has 0 aromatic heterocycles. The van der Waals surface area contributed by atoms with Crippen LogP contribution in [-0.2, 0) is 13.1 Å². The van der Waals surface area contributed by atoms with Crippen molar-refractivity contribution < 1.29 is 22.3 Å². The van der Waals surface area contributed by atoms with Crippen LogP contribution in [0.1, 0.15) is 11.1 Å². The molecule has 0 aliphatic rings. The van der Waals surface area contributed by atoms with Gasteiger partial charge in [0.1, 0.15) is 11.6 Å². The van der Waals surface area contributed by atoms with Gasteiger partial charge in [-0.3, -0.25) is 4.99 Å². The van der Waals surface area contributed by atoms with Crippen LogP contribution in [0.2, 0.25) is 0 Å². The number of nitrogens with one attached hydrogen (secondary N) is 2. The summed E-state index contributed by atoms with van der Waals surface area (Å²) in [6.45, 7) is 0.396. The first kappa shape index (κ1) is 22.0. The predicted molar refractivity (Wildman–Crippen MR) is 102 cm³/mol. The van der Waals surface area contributed by atoms with E-state index in [-0.39, 0.29) is 42.1 Å². The number of benzene rings is 2. The minimum Gasteiger partial charge on any atom is -0.405 e. The molecular formula is C17H18F4IN3O. The lowest BCUT2D eigenvalue weighted by atomic mass is 10.2. The van der Waals surface area contributed by atoms with Gasteiger partial charge in [0.05, 0.1) is 0 Å². The fraction of sp³-hybridized carbons (Fsp3) is 0.235. The van der Waals surface area contributed by atoms with E-state index in [0.717, 1.165) is 0 Å². The molecular weight excluding hydrogens is 465 g/mol. The average Bonchev–Trinajstić information content (AvgIpc) is 2.55. The predicted octanol–water partition coefficient (Wildman–Crippen LogP) is 4.21. The first-order valence-corrected chi connectivity index (χ1v) is 7.40. The van der Waals surface area contributed by atoms with Crippen LogP contribution in [0.5, 0.6) is 5.75 Å². The Hall–Kier alpha value is -2.04. The SMILES string of the molecule is CN=C(NCc1cccc(F)c1)NCc1ccccc1OC(F)(F)F.I. The molecule has 4 nitrogen and oxygen atoms in total. The highest BCUT2D eigenvalue weighted by Crippen LogP contribution is 2.26. The lowest BCUT2D eigenvalue weighted by Gasteiger charge is -2.15. The summed E-state index contributed by atoms with van der Waals surface area (Å²) in [6.07, 6.45) is -4.76. The highest BCUT2D eigenvalue weighted by molar-refractivity contribution is 14.0. The molecule has 0 atom stereocenters. The summed E-state index contributed by atoms with van der Waals surface area (Å²) < 4.78 is 54.4. The van der Waals surface area contributed by atoms with Crippen LogP contribution >= 0.6 is 24.0 Å². The van der Waals surface area contributed by atoms with E-state index >= 15 is 0 Å². The van der Waals surface area contributed by atoms with E-state index in [1.807, 2.05) is 0 Å². The van der Waals surface area contributed by atoms with Crippen molar-refractivity contribution in [2.45, 2.75) is 19.5 Å². The summed E-state index contributed by atoms with van der Waals surface area (Å²) >= 11 is 0. The maximum absolute atomic E-state index is 13.1. The van der Waals surface area contributed by atoms with Gasteiger partial charge < -0.3 is 15.4 Å². The Morgan fingerprint density at radius 1 is 1.04 bits per heavy atom. The quantitative estimate of drug-likeness (QED) is 0.290. The van der Waals surface area contributed by atoms with Gasteiger partial charge in [0.2, 0.25) is 0 Å². The smallest absolute Gasteiger partial charge is 0.405 e. The van der Waals surface area contributed by atoms with E-state index < -0.39 is 6.36 Å². The van der Waals surface area contributed by atoms with Crippen molar-refractivity contribution in [1.82, 2.24) is 10.6 Å². The number of hydrogen-bond donors (Lipinski definition) is 2. The number of guanidine groups is 1. The van der Waals surface area contributed by atoms with E-state index in [9.17, 15) is 17.6 Å². The number of ether oxygens (including phenoxy) is 1. The number of nitrogens with zero attached hydrogens (tertiary/aromatic N) is 1. The summed E-state index contributed by atoms with van der Waals surface area (Å²) in [5, 5.41) is 5.85. The van der Waals surface area contributed by atoms with Gasteiger partial charge in [-0.2, -0.15) is 0 Å². The van der Waals surface area contributed by atoms with E-state index in [2.05, 4.69) is 20.4 Å². The summed E-state index contributed by atoms with van der Waals surface area (Å²) in [5.74, 6) is -0.255. The maximum atomic E-state index is 13.1. The van der Waals surface area contributed by atoms with Crippen molar-refractivity contribution in [3.63, 3.8) is 0 Å². The second-order valence-corrected chi connectivity index (χ2v) is 5.06. The van der Waals surface area contributed by atoms with Gasteiger partial charge in [0.25, 0.3) is 0 Å². The molecule has 2 N–H and O–H groups in total. The summed E-state index contributed by atoms with van der Waals surface area (Å²) in [7, 11) is 1.53. The molecule has 0 aliphatic carbocycles. The molecule has 0 spiro atoms. The third kappa shape index (κ3) is 7.46. The second kappa shape index (κ2) is 10.2. The van der Waals surface area contributed by atoms with Gasteiger partial charge in [-0.1, -0.05) is 30.3 Å². The number of para-hydroxylation sites is 1.